The van der Waals surface area contributed by atoms with E-state index >= 15 is 0 Å². The third-order valence-electron chi connectivity index (χ3n) is 2.46. The van der Waals surface area contributed by atoms with Crippen molar-refractivity contribution in [1.29, 1.82) is 0 Å². The summed E-state index contributed by atoms with van der Waals surface area (Å²) in [6, 6.07) is 0. The van der Waals surface area contributed by atoms with Crippen LogP contribution in [0, 0.1) is 0 Å². The molecular formula is C14H29NO5. The predicted octanol–water partition coefficient (Wildman–Crippen LogP) is 1.12. The molecule has 0 saturated heterocycles. The second-order valence-corrected chi connectivity index (χ2v) is 4.30. The molecule has 120 valence electrons. The van der Waals surface area contributed by atoms with Crippen molar-refractivity contribution in [3.8, 4) is 0 Å². The molecule has 0 aromatic rings. The molecule has 0 bridgehead atoms. The second-order valence-electron chi connectivity index (χ2n) is 4.30. The Labute approximate surface area is 121 Å². The van der Waals surface area contributed by atoms with Gasteiger partial charge in [-0.05, 0) is 19.4 Å². The van der Waals surface area contributed by atoms with E-state index in [0.717, 1.165) is 19.4 Å². The molecular weight excluding hydrogens is 262 g/mol. The molecule has 0 fully saturated rings. The first kappa shape index (κ1) is 19.3. The Hall–Kier alpha value is -0.690. The summed E-state index contributed by atoms with van der Waals surface area (Å²) in [5.41, 5.74) is 5.29. The highest BCUT2D eigenvalue weighted by molar-refractivity contribution is 5.69. The van der Waals surface area contributed by atoms with Gasteiger partial charge >= 0.3 is 5.97 Å². The van der Waals surface area contributed by atoms with E-state index in [2.05, 4.69) is 6.92 Å². The van der Waals surface area contributed by atoms with Gasteiger partial charge in [-0.1, -0.05) is 13.3 Å². The standard InChI is InChI=1S/C14H29NO5/c1-2-3-7-17-8-9-18-10-11-19-12-13-20-14(16)5-4-6-15/h2-13,15H2,1H3. The van der Waals surface area contributed by atoms with E-state index in [1.807, 2.05) is 0 Å². The molecule has 6 nitrogen and oxygen atoms in total. The molecule has 6 heteroatoms. The van der Waals surface area contributed by atoms with E-state index < -0.39 is 0 Å². The Bertz CT molecular complexity index is 214. The summed E-state index contributed by atoms with van der Waals surface area (Å²) in [4.78, 5) is 11.1. The molecule has 0 amide bonds. The number of ether oxygens (including phenoxy) is 4. The van der Waals surface area contributed by atoms with Gasteiger partial charge < -0.3 is 24.7 Å². The normalized spacial score (nSPS) is 10.7. The quantitative estimate of drug-likeness (QED) is 0.360. The molecule has 2 N–H and O–H groups in total. The molecule has 0 unspecified atom stereocenters. The van der Waals surface area contributed by atoms with Crippen LogP contribution < -0.4 is 5.73 Å². The first-order valence-corrected chi connectivity index (χ1v) is 7.40. The van der Waals surface area contributed by atoms with Gasteiger partial charge in [-0.25, -0.2) is 0 Å². The monoisotopic (exact) mass is 291 g/mol. The van der Waals surface area contributed by atoms with Gasteiger partial charge in [0.1, 0.15) is 6.61 Å². The number of carbonyl (C=O) groups excluding carboxylic acids is 1. The van der Waals surface area contributed by atoms with Gasteiger partial charge in [0.2, 0.25) is 0 Å². The lowest BCUT2D eigenvalue weighted by atomic mass is 10.3. The smallest absolute Gasteiger partial charge is 0.305 e. The van der Waals surface area contributed by atoms with Crippen molar-refractivity contribution in [3.63, 3.8) is 0 Å². The molecule has 0 aromatic heterocycles. The summed E-state index contributed by atoms with van der Waals surface area (Å²) in [7, 11) is 0. The van der Waals surface area contributed by atoms with Crippen LogP contribution in [0.15, 0.2) is 0 Å². The van der Waals surface area contributed by atoms with Crippen LogP contribution in [-0.4, -0.2) is 58.8 Å². The lowest BCUT2D eigenvalue weighted by molar-refractivity contribution is -0.145. The minimum Gasteiger partial charge on any atom is -0.463 e. The van der Waals surface area contributed by atoms with Crippen LogP contribution in [0.1, 0.15) is 32.6 Å². The van der Waals surface area contributed by atoms with Crippen molar-refractivity contribution in [2.75, 3.05) is 52.8 Å². The average Bonchev–Trinajstić information content (AvgIpc) is 2.46. The van der Waals surface area contributed by atoms with Crippen molar-refractivity contribution in [3.05, 3.63) is 0 Å². The first-order valence-electron chi connectivity index (χ1n) is 7.40. The fraction of sp³-hybridized carbons (Fsp3) is 0.929. The summed E-state index contributed by atoms with van der Waals surface area (Å²) in [5.74, 6) is -0.223. The van der Waals surface area contributed by atoms with Crippen LogP contribution >= 0.6 is 0 Å². The average molecular weight is 291 g/mol. The SMILES string of the molecule is CCCCOCCOCCOCCOC(=O)CCCN. The minimum atomic E-state index is -0.223. The zero-order valence-electron chi connectivity index (χ0n) is 12.6. The Morgan fingerprint density at radius 2 is 1.40 bits per heavy atom. The van der Waals surface area contributed by atoms with Crippen molar-refractivity contribution in [2.24, 2.45) is 5.73 Å². The van der Waals surface area contributed by atoms with Crippen LogP contribution in [0.2, 0.25) is 0 Å². The van der Waals surface area contributed by atoms with Crippen molar-refractivity contribution >= 4 is 5.97 Å². The topological polar surface area (TPSA) is 80.0 Å². The summed E-state index contributed by atoms with van der Waals surface area (Å²) >= 11 is 0. The Morgan fingerprint density at radius 3 is 1.95 bits per heavy atom. The van der Waals surface area contributed by atoms with Crippen LogP contribution in [0.25, 0.3) is 0 Å². The maximum Gasteiger partial charge on any atom is 0.305 e. The van der Waals surface area contributed by atoms with Crippen molar-refractivity contribution in [1.82, 2.24) is 0 Å². The van der Waals surface area contributed by atoms with E-state index in [1.54, 1.807) is 0 Å². The molecule has 0 aliphatic rings. The lowest BCUT2D eigenvalue weighted by Crippen LogP contribution is -2.14. The summed E-state index contributed by atoms with van der Waals surface area (Å²) in [6.07, 6.45) is 3.27. The number of nitrogens with two attached hydrogens (primary N) is 1. The van der Waals surface area contributed by atoms with Crippen LogP contribution in [-0.2, 0) is 23.7 Å². The van der Waals surface area contributed by atoms with Crippen LogP contribution in [0.4, 0.5) is 0 Å². The molecule has 0 heterocycles. The first-order chi connectivity index (χ1) is 9.81. The third-order valence-corrected chi connectivity index (χ3v) is 2.46. The van der Waals surface area contributed by atoms with Gasteiger partial charge in [0.15, 0.2) is 0 Å². The van der Waals surface area contributed by atoms with E-state index in [1.165, 1.54) is 0 Å². The Kier molecular flexibility index (Phi) is 15.8. The van der Waals surface area contributed by atoms with E-state index in [0.29, 0.717) is 52.4 Å². The van der Waals surface area contributed by atoms with Gasteiger partial charge in [0.05, 0.1) is 33.0 Å². The molecule has 0 saturated carbocycles. The number of rotatable bonds is 15. The number of unbranched alkanes of at least 4 members (excludes halogenated alkanes) is 1. The zero-order valence-corrected chi connectivity index (χ0v) is 12.6. The molecule has 0 rings (SSSR count). The number of hydrogen-bond acceptors (Lipinski definition) is 6. The van der Waals surface area contributed by atoms with Crippen LogP contribution in [0.5, 0.6) is 0 Å². The molecule has 0 aromatic carbocycles. The molecule has 0 aliphatic heterocycles. The van der Waals surface area contributed by atoms with Gasteiger partial charge in [0.25, 0.3) is 0 Å². The zero-order chi connectivity index (χ0) is 14.9. The number of esters is 1. The molecule has 0 spiro atoms. The fourth-order valence-electron chi connectivity index (χ4n) is 1.32. The second kappa shape index (κ2) is 16.4. The Morgan fingerprint density at radius 1 is 0.850 bits per heavy atom. The highest BCUT2D eigenvalue weighted by atomic mass is 16.6. The van der Waals surface area contributed by atoms with E-state index in [-0.39, 0.29) is 12.6 Å². The molecule has 0 aliphatic carbocycles. The lowest BCUT2D eigenvalue weighted by Gasteiger charge is -2.07. The van der Waals surface area contributed by atoms with E-state index in [9.17, 15) is 4.79 Å². The maximum absolute atomic E-state index is 11.1. The molecule has 0 radical (unpaired) electrons. The Balaban J connectivity index is 3.04. The van der Waals surface area contributed by atoms with Crippen molar-refractivity contribution < 1.29 is 23.7 Å². The van der Waals surface area contributed by atoms with Gasteiger partial charge in [-0.2, -0.15) is 0 Å². The fourth-order valence-corrected chi connectivity index (χ4v) is 1.32. The van der Waals surface area contributed by atoms with Gasteiger partial charge in [-0.15, -0.1) is 0 Å². The van der Waals surface area contributed by atoms with Gasteiger partial charge in [-0.3, -0.25) is 4.79 Å². The number of hydrogen-bond donors (Lipinski definition) is 1. The minimum absolute atomic E-state index is 0.223. The summed E-state index contributed by atoms with van der Waals surface area (Å²) < 4.78 is 20.9. The van der Waals surface area contributed by atoms with Crippen LogP contribution in [0.3, 0.4) is 0 Å². The highest BCUT2D eigenvalue weighted by Gasteiger charge is 2.00. The maximum atomic E-state index is 11.1. The number of carbonyl (C=O) groups is 1. The molecule has 0 atom stereocenters. The largest absolute Gasteiger partial charge is 0.463 e. The molecule has 20 heavy (non-hydrogen) atoms. The van der Waals surface area contributed by atoms with Crippen molar-refractivity contribution in [2.45, 2.75) is 32.6 Å². The highest BCUT2D eigenvalue weighted by Crippen LogP contribution is 1.91. The summed E-state index contributed by atoms with van der Waals surface area (Å²) in [5, 5.41) is 0. The van der Waals surface area contributed by atoms with E-state index in [4.69, 9.17) is 24.7 Å². The predicted molar refractivity (Wildman–Crippen MR) is 76.6 cm³/mol. The van der Waals surface area contributed by atoms with Gasteiger partial charge in [0, 0.05) is 13.0 Å². The summed E-state index contributed by atoms with van der Waals surface area (Å²) in [6.45, 7) is 6.34. The third kappa shape index (κ3) is 15.4.